The summed E-state index contributed by atoms with van der Waals surface area (Å²) in [6, 6.07) is 25.3. The summed E-state index contributed by atoms with van der Waals surface area (Å²) >= 11 is 0. The van der Waals surface area contributed by atoms with E-state index in [0.29, 0.717) is 17.0 Å². The molecule has 0 atom stereocenters. The second-order valence-electron chi connectivity index (χ2n) is 6.92. The third kappa shape index (κ3) is 2.91. The van der Waals surface area contributed by atoms with Gasteiger partial charge >= 0.3 is 0 Å². The number of hydrogen-bond acceptors (Lipinski definition) is 4. The molecule has 5 rings (SSSR count). The van der Waals surface area contributed by atoms with E-state index in [9.17, 15) is 8.42 Å². The molecule has 0 amide bonds. The molecule has 2 heterocycles. The summed E-state index contributed by atoms with van der Waals surface area (Å²) in [6.07, 6.45) is 1.87. The van der Waals surface area contributed by atoms with E-state index in [1.54, 1.807) is 47.1 Å². The molecule has 0 aliphatic rings. The number of imidazole rings is 1. The van der Waals surface area contributed by atoms with Crippen LogP contribution in [-0.4, -0.2) is 27.7 Å². The Balaban J connectivity index is 1.66. The van der Waals surface area contributed by atoms with Crippen molar-refractivity contribution in [3.8, 4) is 17.2 Å². The second-order valence-corrected chi connectivity index (χ2v) is 8.83. The molecule has 0 N–H and O–H groups in total. The minimum Gasteiger partial charge on any atom is -0.326 e. The fourth-order valence-electron chi connectivity index (χ4n) is 3.53. The summed E-state index contributed by atoms with van der Waals surface area (Å²) in [4.78, 5) is 5.13. The summed E-state index contributed by atoms with van der Waals surface area (Å²) in [7, 11) is -1.82. The quantitative estimate of drug-likeness (QED) is 0.441. The minimum atomic E-state index is -3.69. The summed E-state index contributed by atoms with van der Waals surface area (Å²) in [5.74, 6) is 0.607. The smallest absolute Gasteiger partial charge is 0.208 e. The van der Waals surface area contributed by atoms with Crippen molar-refractivity contribution in [3.05, 3.63) is 91.1 Å². The van der Waals surface area contributed by atoms with E-state index in [2.05, 4.69) is 10.1 Å². The van der Waals surface area contributed by atoms with Gasteiger partial charge in [0.2, 0.25) is 9.84 Å². The molecule has 2 aromatic heterocycles. The number of sulfone groups is 1. The molecule has 7 heteroatoms. The Kier molecular flexibility index (Phi) is 4.25. The Hall–Kier alpha value is -3.71. The van der Waals surface area contributed by atoms with Gasteiger partial charge in [-0.3, -0.25) is 0 Å². The Morgan fingerprint density at radius 1 is 0.800 bits per heavy atom. The van der Waals surface area contributed by atoms with Gasteiger partial charge in [-0.1, -0.05) is 42.5 Å². The second kappa shape index (κ2) is 6.96. The highest BCUT2D eigenvalue weighted by atomic mass is 32.2. The highest BCUT2D eigenvalue weighted by Crippen LogP contribution is 2.30. The van der Waals surface area contributed by atoms with Gasteiger partial charge < -0.3 is 4.57 Å². The number of fused-ring (bicyclic) bond motifs is 1. The van der Waals surface area contributed by atoms with Crippen LogP contribution in [0.5, 0.6) is 0 Å². The Morgan fingerprint density at radius 2 is 1.50 bits per heavy atom. The first-order chi connectivity index (χ1) is 14.6. The molecule has 0 saturated heterocycles. The first-order valence-electron chi connectivity index (χ1n) is 9.43. The predicted molar refractivity (Wildman–Crippen MR) is 115 cm³/mol. The first-order valence-corrected chi connectivity index (χ1v) is 10.9. The molecule has 0 bridgehead atoms. The third-order valence-corrected chi connectivity index (χ3v) is 6.86. The van der Waals surface area contributed by atoms with E-state index < -0.39 is 9.84 Å². The average Bonchev–Trinajstić information content (AvgIpc) is 3.40. The van der Waals surface area contributed by atoms with Gasteiger partial charge in [0.15, 0.2) is 5.82 Å². The van der Waals surface area contributed by atoms with Crippen molar-refractivity contribution in [1.82, 2.24) is 19.3 Å². The van der Waals surface area contributed by atoms with Crippen LogP contribution in [0.25, 0.3) is 28.2 Å². The molecule has 30 heavy (non-hydrogen) atoms. The van der Waals surface area contributed by atoms with Crippen molar-refractivity contribution in [2.75, 3.05) is 0 Å². The lowest BCUT2D eigenvalue weighted by Gasteiger charge is -2.05. The van der Waals surface area contributed by atoms with Gasteiger partial charge in [-0.15, -0.1) is 0 Å². The maximum Gasteiger partial charge on any atom is 0.208 e. The van der Waals surface area contributed by atoms with E-state index in [0.717, 1.165) is 11.2 Å². The number of rotatable bonds is 4. The maximum absolute atomic E-state index is 13.2. The highest BCUT2D eigenvalue weighted by molar-refractivity contribution is 7.91. The molecule has 3 aromatic carbocycles. The number of hydrogen-bond donors (Lipinski definition) is 0. The zero-order valence-corrected chi connectivity index (χ0v) is 17.0. The van der Waals surface area contributed by atoms with Crippen molar-refractivity contribution >= 4 is 20.9 Å². The first kappa shape index (κ1) is 18.3. The van der Waals surface area contributed by atoms with Crippen molar-refractivity contribution in [3.63, 3.8) is 0 Å². The number of aromatic nitrogens is 4. The standard InChI is InChI=1S/C23H18N4O2S/c1-26-20-13-8-14-21(30(28,29)18-11-6-3-7-12-18)22(20)24-23(26)19-15-16-27(25-19)17-9-4-2-5-10-17/h2-16H,1H3. The van der Waals surface area contributed by atoms with E-state index in [1.807, 2.05) is 60.3 Å². The molecule has 0 spiro atoms. The fourth-order valence-corrected chi connectivity index (χ4v) is 4.96. The third-order valence-electron chi connectivity index (χ3n) is 5.06. The number of nitrogens with zero attached hydrogens (tertiary/aromatic N) is 4. The Morgan fingerprint density at radius 3 is 2.23 bits per heavy atom. The SMILES string of the molecule is Cn1c(-c2ccn(-c3ccccc3)n2)nc2c(S(=O)(=O)c3ccccc3)cccc21. The highest BCUT2D eigenvalue weighted by Gasteiger charge is 2.24. The monoisotopic (exact) mass is 414 g/mol. The molecule has 0 unspecified atom stereocenters. The molecular formula is C23H18N4O2S. The van der Waals surface area contributed by atoms with Gasteiger partial charge in [0.1, 0.15) is 11.2 Å². The van der Waals surface area contributed by atoms with E-state index in [-0.39, 0.29) is 9.79 Å². The fraction of sp³-hybridized carbons (Fsp3) is 0.0435. The largest absolute Gasteiger partial charge is 0.326 e. The van der Waals surface area contributed by atoms with Crippen LogP contribution in [-0.2, 0) is 16.9 Å². The van der Waals surface area contributed by atoms with E-state index >= 15 is 0 Å². The van der Waals surface area contributed by atoms with Crippen LogP contribution >= 0.6 is 0 Å². The molecule has 0 aliphatic heterocycles. The average molecular weight is 414 g/mol. The zero-order valence-electron chi connectivity index (χ0n) is 16.2. The minimum absolute atomic E-state index is 0.190. The summed E-state index contributed by atoms with van der Waals surface area (Å²) < 4.78 is 30.1. The molecule has 0 radical (unpaired) electrons. The molecule has 5 aromatic rings. The Labute approximate surface area is 174 Å². The zero-order chi connectivity index (χ0) is 20.7. The van der Waals surface area contributed by atoms with Crippen LogP contribution in [0.15, 0.2) is 101 Å². The Bertz CT molecular complexity index is 1450. The molecule has 0 fully saturated rings. The molecule has 0 aliphatic carbocycles. The lowest BCUT2D eigenvalue weighted by molar-refractivity contribution is 0.597. The lowest BCUT2D eigenvalue weighted by Crippen LogP contribution is -2.02. The van der Waals surface area contributed by atoms with Crippen LogP contribution in [0, 0.1) is 0 Å². The van der Waals surface area contributed by atoms with Crippen LogP contribution in [0.3, 0.4) is 0 Å². The summed E-state index contributed by atoms with van der Waals surface area (Å²) in [6.45, 7) is 0. The summed E-state index contributed by atoms with van der Waals surface area (Å²) in [5, 5.41) is 4.64. The van der Waals surface area contributed by atoms with Gasteiger partial charge in [0.25, 0.3) is 0 Å². The normalized spacial score (nSPS) is 11.8. The van der Waals surface area contributed by atoms with Crippen molar-refractivity contribution in [1.29, 1.82) is 0 Å². The van der Waals surface area contributed by atoms with Crippen LogP contribution < -0.4 is 0 Å². The maximum atomic E-state index is 13.2. The van der Waals surface area contributed by atoms with Crippen LogP contribution in [0.2, 0.25) is 0 Å². The lowest BCUT2D eigenvalue weighted by atomic mass is 10.3. The van der Waals surface area contributed by atoms with E-state index in [1.165, 1.54) is 0 Å². The number of aryl methyl sites for hydroxylation is 1. The van der Waals surface area contributed by atoms with Gasteiger partial charge in [0, 0.05) is 13.2 Å². The van der Waals surface area contributed by atoms with Crippen molar-refractivity contribution < 1.29 is 8.42 Å². The van der Waals surface area contributed by atoms with E-state index in [4.69, 9.17) is 0 Å². The van der Waals surface area contributed by atoms with Gasteiger partial charge in [-0.2, -0.15) is 5.10 Å². The van der Waals surface area contributed by atoms with Crippen molar-refractivity contribution in [2.24, 2.45) is 7.05 Å². The van der Waals surface area contributed by atoms with Gasteiger partial charge in [-0.05, 0) is 42.5 Å². The molecule has 0 saturated carbocycles. The number of para-hydroxylation sites is 2. The predicted octanol–water partition coefficient (Wildman–Crippen LogP) is 4.26. The van der Waals surface area contributed by atoms with Crippen LogP contribution in [0.1, 0.15) is 0 Å². The molecule has 6 nitrogen and oxygen atoms in total. The topological polar surface area (TPSA) is 69.8 Å². The van der Waals surface area contributed by atoms with Gasteiger partial charge in [0.05, 0.1) is 21.0 Å². The van der Waals surface area contributed by atoms with Crippen molar-refractivity contribution in [2.45, 2.75) is 9.79 Å². The molecular weight excluding hydrogens is 396 g/mol. The number of benzene rings is 3. The molecule has 148 valence electrons. The van der Waals surface area contributed by atoms with Gasteiger partial charge in [-0.25, -0.2) is 18.1 Å². The van der Waals surface area contributed by atoms with Crippen LogP contribution in [0.4, 0.5) is 0 Å². The summed E-state index contributed by atoms with van der Waals surface area (Å²) in [5.41, 5.74) is 2.78.